The number of hydrogen-bond donors (Lipinski definition) is 1. The molecule has 0 aliphatic heterocycles. The van der Waals surface area contributed by atoms with E-state index in [0.29, 0.717) is 0 Å². The number of hydrogen-bond acceptors (Lipinski definition) is 1. The average Bonchev–Trinajstić information content (AvgIpc) is 2.54. The maximum absolute atomic E-state index is 13.7. The summed E-state index contributed by atoms with van der Waals surface area (Å²) in [4.78, 5) is 12.2. The number of aryl methyl sites for hydroxylation is 2. The lowest BCUT2D eigenvalue weighted by molar-refractivity contribution is -0.111. The third-order valence-electron chi connectivity index (χ3n) is 3.65. The largest absolute Gasteiger partial charge is 0.322 e. The summed E-state index contributed by atoms with van der Waals surface area (Å²) in [6, 6.07) is 10.4. The molecule has 1 N–H and O–H groups in total. The monoisotopic (exact) mass is 331 g/mol. The Morgan fingerprint density at radius 1 is 1.13 bits per heavy atom. The minimum atomic E-state index is -0.454. The van der Waals surface area contributed by atoms with Crippen molar-refractivity contribution in [3.8, 4) is 0 Å². The van der Waals surface area contributed by atoms with Gasteiger partial charge < -0.3 is 5.32 Å². The van der Waals surface area contributed by atoms with Crippen molar-refractivity contribution in [1.82, 2.24) is 0 Å². The number of carbonyl (C=O) groups is 1. The Labute approximate surface area is 141 Å². The van der Waals surface area contributed by atoms with Crippen LogP contribution in [0, 0.1) is 5.82 Å². The fraction of sp³-hybridized carbons (Fsp3) is 0.211. The molecule has 0 radical (unpaired) electrons. The van der Waals surface area contributed by atoms with Crippen LogP contribution in [0.2, 0.25) is 5.02 Å². The van der Waals surface area contributed by atoms with Gasteiger partial charge in [-0.2, -0.15) is 0 Å². The van der Waals surface area contributed by atoms with Gasteiger partial charge in [0.1, 0.15) is 5.82 Å². The normalized spacial score (nSPS) is 11.0. The number of rotatable bonds is 5. The Morgan fingerprint density at radius 2 is 1.74 bits per heavy atom. The number of halogens is 2. The van der Waals surface area contributed by atoms with Gasteiger partial charge in [-0.25, -0.2) is 4.39 Å². The molecular formula is C19H19ClFNO. The van der Waals surface area contributed by atoms with E-state index in [1.165, 1.54) is 24.3 Å². The smallest absolute Gasteiger partial charge is 0.248 e. The van der Waals surface area contributed by atoms with E-state index in [9.17, 15) is 9.18 Å². The molecule has 0 unspecified atom stereocenters. The summed E-state index contributed by atoms with van der Waals surface area (Å²) in [7, 11) is 0. The Bertz CT molecular complexity index is 698. The van der Waals surface area contributed by atoms with E-state index in [1.807, 2.05) is 32.0 Å². The molecule has 0 aliphatic rings. The van der Waals surface area contributed by atoms with Crippen molar-refractivity contribution >= 4 is 29.3 Å². The minimum Gasteiger partial charge on any atom is -0.322 e. The highest BCUT2D eigenvalue weighted by Crippen LogP contribution is 2.23. The van der Waals surface area contributed by atoms with Gasteiger partial charge in [-0.3, -0.25) is 4.79 Å². The molecule has 0 aromatic heterocycles. The molecule has 0 atom stereocenters. The van der Waals surface area contributed by atoms with Gasteiger partial charge in [0.15, 0.2) is 0 Å². The Kier molecular flexibility index (Phi) is 5.94. The first kappa shape index (κ1) is 17.2. The molecule has 2 nitrogen and oxygen atoms in total. The second kappa shape index (κ2) is 7.93. The van der Waals surface area contributed by atoms with Crippen molar-refractivity contribution < 1.29 is 9.18 Å². The van der Waals surface area contributed by atoms with Crippen LogP contribution < -0.4 is 5.32 Å². The zero-order valence-electron chi connectivity index (χ0n) is 13.2. The fourth-order valence-electron chi connectivity index (χ4n) is 2.40. The van der Waals surface area contributed by atoms with E-state index in [4.69, 9.17) is 11.6 Å². The summed E-state index contributed by atoms with van der Waals surface area (Å²) in [5.41, 5.74) is 3.21. The number of amides is 1. The SMILES string of the molecule is CCc1cccc(CC)c1NC(=O)/C=C/c1c(F)cccc1Cl. The molecule has 0 spiro atoms. The lowest BCUT2D eigenvalue weighted by Gasteiger charge is -2.13. The van der Waals surface area contributed by atoms with Crippen LogP contribution in [-0.2, 0) is 17.6 Å². The van der Waals surface area contributed by atoms with Gasteiger partial charge in [0.25, 0.3) is 0 Å². The van der Waals surface area contributed by atoms with E-state index in [1.54, 1.807) is 6.07 Å². The van der Waals surface area contributed by atoms with Crippen LogP contribution in [-0.4, -0.2) is 5.91 Å². The molecule has 0 saturated heterocycles. The molecule has 0 bridgehead atoms. The van der Waals surface area contributed by atoms with Gasteiger partial charge in [-0.1, -0.05) is 49.7 Å². The van der Waals surface area contributed by atoms with Crippen molar-refractivity contribution in [1.29, 1.82) is 0 Å². The van der Waals surface area contributed by atoms with Crippen LogP contribution in [0.4, 0.5) is 10.1 Å². The van der Waals surface area contributed by atoms with Crippen molar-refractivity contribution in [2.75, 3.05) is 5.32 Å². The Morgan fingerprint density at radius 3 is 2.30 bits per heavy atom. The molecule has 1 amide bonds. The van der Waals surface area contributed by atoms with Gasteiger partial charge in [0.05, 0.1) is 5.02 Å². The minimum absolute atomic E-state index is 0.212. The molecular weight excluding hydrogens is 313 g/mol. The summed E-state index contributed by atoms with van der Waals surface area (Å²) < 4.78 is 13.7. The fourth-order valence-corrected chi connectivity index (χ4v) is 2.62. The highest BCUT2D eigenvalue weighted by atomic mass is 35.5. The van der Waals surface area contributed by atoms with E-state index >= 15 is 0 Å². The lowest BCUT2D eigenvalue weighted by Crippen LogP contribution is -2.11. The van der Waals surface area contributed by atoms with Crippen LogP contribution in [0.3, 0.4) is 0 Å². The predicted octanol–water partition coefficient (Wildman–Crippen LogP) is 5.26. The first-order valence-electron chi connectivity index (χ1n) is 7.60. The summed E-state index contributed by atoms with van der Waals surface area (Å²) in [5.74, 6) is -0.760. The van der Waals surface area contributed by atoms with Crippen LogP contribution >= 0.6 is 11.6 Å². The molecule has 2 aromatic rings. The third kappa shape index (κ3) is 4.20. The van der Waals surface area contributed by atoms with Crippen molar-refractivity contribution in [3.05, 3.63) is 70.0 Å². The maximum Gasteiger partial charge on any atom is 0.248 e. The molecule has 23 heavy (non-hydrogen) atoms. The van der Waals surface area contributed by atoms with Crippen molar-refractivity contribution in [3.63, 3.8) is 0 Å². The van der Waals surface area contributed by atoms with Crippen LogP contribution in [0.15, 0.2) is 42.5 Å². The second-order valence-electron chi connectivity index (χ2n) is 5.12. The van der Waals surface area contributed by atoms with Gasteiger partial charge in [0, 0.05) is 17.3 Å². The number of para-hydroxylation sites is 1. The van der Waals surface area contributed by atoms with Gasteiger partial charge in [-0.15, -0.1) is 0 Å². The van der Waals surface area contributed by atoms with Crippen molar-refractivity contribution in [2.45, 2.75) is 26.7 Å². The number of benzene rings is 2. The van der Waals surface area contributed by atoms with E-state index in [0.717, 1.165) is 29.7 Å². The van der Waals surface area contributed by atoms with E-state index < -0.39 is 5.82 Å². The molecule has 2 aromatic carbocycles. The van der Waals surface area contributed by atoms with Crippen LogP contribution in [0.25, 0.3) is 6.08 Å². The van der Waals surface area contributed by atoms with Crippen LogP contribution in [0.1, 0.15) is 30.5 Å². The molecule has 0 heterocycles. The topological polar surface area (TPSA) is 29.1 Å². The quantitative estimate of drug-likeness (QED) is 0.744. The number of anilines is 1. The third-order valence-corrected chi connectivity index (χ3v) is 3.98. The molecule has 4 heteroatoms. The average molecular weight is 332 g/mol. The molecule has 2 rings (SSSR count). The van der Waals surface area contributed by atoms with E-state index in [2.05, 4.69) is 5.32 Å². The lowest BCUT2D eigenvalue weighted by atomic mass is 10.0. The summed E-state index contributed by atoms with van der Waals surface area (Å²) in [6.07, 6.45) is 4.35. The van der Waals surface area contributed by atoms with Crippen molar-refractivity contribution in [2.24, 2.45) is 0 Å². The number of nitrogens with one attached hydrogen (secondary N) is 1. The first-order chi connectivity index (χ1) is 11.1. The zero-order chi connectivity index (χ0) is 16.8. The molecule has 0 saturated carbocycles. The Balaban J connectivity index is 2.22. The first-order valence-corrected chi connectivity index (χ1v) is 7.98. The van der Waals surface area contributed by atoms with Gasteiger partial charge in [-0.05, 0) is 42.2 Å². The van der Waals surface area contributed by atoms with Gasteiger partial charge in [0.2, 0.25) is 5.91 Å². The van der Waals surface area contributed by atoms with Gasteiger partial charge >= 0.3 is 0 Å². The standard InChI is InChI=1S/C19H19ClFNO/c1-3-13-7-5-8-14(4-2)19(13)22-18(23)12-11-15-16(20)9-6-10-17(15)21/h5-12H,3-4H2,1-2H3,(H,22,23)/b12-11+. The summed E-state index contributed by atoms with van der Waals surface area (Å²) in [5, 5.41) is 3.17. The predicted molar refractivity (Wildman–Crippen MR) is 94.3 cm³/mol. The Hall–Kier alpha value is -2.13. The summed E-state index contributed by atoms with van der Waals surface area (Å²) in [6.45, 7) is 4.08. The summed E-state index contributed by atoms with van der Waals surface area (Å²) >= 11 is 5.95. The van der Waals surface area contributed by atoms with Crippen LogP contribution in [0.5, 0.6) is 0 Å². The zero-order valence-corrected chi connectivity index (χ0v) is 14.0. The highest BCUT2D eigenvalue weighted by molar-refractivity contribution is 6.32. The molecule has 0 aliphatic carbocycles. The second-order valence-corrected chi connectivity index (χ2v) is 5.52. The molecule has 120 valence electrons. The number of carbonyl (C=O) groups excluding carboxylic acids is 1. The van der Waals surface area contributed by atoms with E-state index in [-0.39, 0.29) is 16.5 Å². The highest BCUT2D eigenvalue weighted by Gasteiger charge is 2.09. The molecule has 0 fully saturated rings. The maximum atomic E-state index is 13.7.